The summed E-state index contributed by atoms with van der Waals surface area (Å²) < 4.78 is 13.5. The molecule has 0 amide bonds. The number of para-hydroxylation sites is 3. The van der Waals surface area contributed by atoms with Crippen LogP contribution in [-0.4, -0.2) is 11.2 Å². The zero-order valence-electron chi connectivity index (χ0n) is 19.8. The maximum atomic E-state index is 6.49. The molecule has 0 spiro atoms. The molecule has 2 unspecified atom stereocenters. The van der Waals surface area contributed by atoms with Crippen molar-refractivity contribution in [2.24, 2.45) is 7.05 Å². The van der Waals surface area contributed by atoms with Crippen molar-refractivity contribution in [1.29, 1.82) is 0 Å². The van der Waals surface area contributed by atoms with Crippen LogP contribution in [0.1, 0.15) is 23.9 Å². The van der Waals surface area contributed by atoms with Crippen molar-refractivity contribution in [3.63, 3.8) is 0 Å². The van der Waals surface area contributed by atoms with Gasteiger partial charge in [0.2, 0.25) is 11.7 Å². The van der Waals surface area contributed by atoms with Gasteiger partial charge in [-0.3, -0.25) is 0 Å². The van der Waals surface area contributed by atoms with Gasteiger partial charge in [-0.05, 0) is 55.0 Å². The Kier molecular flexibility index (Phi) is 4.43. The maximum absolute atomic E-state index is 6.49. The summed E-state index contributed by atoms with van der Waals surface area (Å²) in [7, 11) is 2.14. The highest BCUT2D eigenvalue weighted by atomic mass is 16.5. The highest BCUT2D eigenvalue weighted by Gasteiger charge is 2.46. The Morgan fingerprint density at radius 2 is 1.60 bits per heavy atom. The number of aryl methyl sites for hydroxylation is 1. The second-order valence-corrected chi connectivity index (χ2v) is 9.46. The van der Waals surface area contributed by atoms with E-state index in [4.69, 9.17) is 11.3 Å². The van der Waals surface area contributed by atoms with E-state index in [-0.39, 0.29) is 12.0 Å². The first-order valence-electron chi connectivity index (χ1n) is 12.2. The zero-order chi connectivity index (χ0) is 23.5. The fourth-order valence-corrected chi connectivity index (χ4v) is 6.16. The predicted molar refractivity (Wildman–Crippen MR) is 138 cm³/mol. The Labute approximate surface area is 205 Å². The smallest absolute Gasteiger partial charge is 0.298 e. The van der Waals surface area contributed by atoms with Crippen molar-refractivity contribution in [2.45, 2.75) is 18.4 Å². The van der Waals surface area contributed by atoms with Gasteiger partial charge in [-0.15, -0.1) is 0 Å². The van der Waals surface area contributed by atoms with Crippen LogP contribution in [0.25, 0.3) is 39.4 Å². The molecule has 0 N–H and O–H groups in total. The summed E-state index contributed by atoms with van der Waals surface area (Å²) in [5.74, 6) is 2.24. The number of ether oxygens (including phenoxy) is 1. The minimum Gasteiger partial charge on any atom is -0.493 e. The fraction of sp³-hybridized carbons (Fsp3) is 0.161. The van der Waals surface area contributed by atoms with Crippen LogP contribution in [0.5, 0.6) is 5.75 Å². The molecule has 0 fully saturated rings. The normalized spacial score (nSPS) is 18.5. The van der Waals surface area contributed by atoms with E-state index in [1.165, 1.54) is 22.3 Å². The van der Waals surface area contributed by atoms with Crippen LogP contribution in [0.15, 0.2) is 104 Å². The molecule has 0 radical (unpaired) electrons. The highest BCUT2D eigenvalue weighted by molar-refractivity contribution is 5.79. The largest absolute Gasteiger partial charge is 0.493 e. The van der Waals surface area contributed by atoms with Gasteiger partial charge < -0.3 is 4.74 Å². The molecule has 4 heteroatoms. The lowest BCUT2D eigenvalue weighted by molar-refractivity contribution is -0.724. The quantitative estimate of drug-likeness (QED) is 0.274. The van der Waals surface area contributed by atoms with E-state index in [0.717, 1.165) is 34.8 Å². The van der Waals surface area contributed by atoms with Gasteiger partial charge in [0.1, 0.15) is 11.3 Å². The number of pyridine rings is 1. The fourth-order valence-electron chi connectivity index (χ4n) is 6.16. The van der Waals surface area contributed by atoms with Gasteiger partial charge in [-0.2, -0.15) is 9.13 Å². The number of aromatic nitrogens is 3. The Morgan fingerprint density at radius 3 is 2.51 bits per heavy atom. The number of benzene rings is 3. The van der Waals surface area contributed by atoms with Crippen LogP contribution < -0.4 is 13.9 Å². The number of allylic oxidation sites excluding steroid dienone is 1. The first-order chi connectivity index (χ1) is 17.2. The van der Waals surface area contributed by atoms with E-state index < -0.39 is 0 Å². The van der Waals surface area contributed by atoms with Crippen molar-refractivity contribution in [2.75, 3.05) is 6.61 Å². The van der Waals surface area contributed by atoms with Crippen LogP contribution in [0.3, 0.4) is 0 Å². The van der Waals surface area contributed by atoms with Gasteiger partial charge >= 0.3 is 0 Å². The van der Waals surface area contributed by atoms with E-state index in [9.17, 15) is 0 Å². The Hall–Kier alpha value is -4.18. The molecule has 4 heterocycles. The van der Waals surface area contributed by atoms with Crippen molar-refractivity contribution >= 4 is 16.7 Å². The predicted octanol–water partition coefficient (Wildman–Crippen LogP) is 5.68. The van der Waals surface area contributed by atoms with E-state index >= 15 is 0 Å². The van der Waals surface area contributed by atoms with Crippen molar-refractivity contribution in [3.8, 4) is 28.4 Å². The number of imidazole rings is 1. The summed E-state index contributed by atoms with van der Waals surface area (Å²) >= 11 is 0. The summed E-state index contributed by atoms with van der Waals surface area (Å²) in [6, 6.07) is 32.3. The second-order valence-electron chi connectivity index (χ2n) is 9.46. The molecule has 4 nitrogen and oxygen atoms in total. The van der Waals surface area contributed by atoms with Gasteiger partial charge in [0, 0.05) is 17.7 Å². The van der Waals surface area contributed by atoms with Crippen LogP contribution in [0.4, 0.5) is 0 Å². The monoisotopic (exact) mass is 457 g/mol. The van der Waals surface area contributed by atoms with Gasteiger partial charge in [0.15, 0.2) is 22.9 Å². The third-order valence-corrected chi connectivity index (χ3v) is 7.66. The average Bonchev–Trinajstić information content (AvgIpc) is 3.20. The van der Waals surface area contributed by atoms with E-state index in [1.807, 2.05) is 0 Å². The lowest BCUT2D eigenvalue weighted by Crippen LogP contribution is -2.53. The van der Waals surface area contributed by atoms with Crippen molar-refractivity contribution < 1.29 is 13.9 Å². The van der Waals surface area contributed by atoms with E-state index in [1.54, 1.807) is 0 Å². The topological polar surface area (TPSA) is 21.9 Å². The molecule has 0 saturated heterocycles. The summed E-state index contributed by atoms with van der Waals surface area (Å²) in [6.07, 6.45) is 3.11. The van der Waals surface area contributed by atoms with Crippen LogP contribution in [0, 0.1) is 0 Å². The van der Waals surface area contributed by atoms with Crippen molar-refractivity contribution in [3.05, 3.63) is 109 Å². The average molecular weight is 458 g/mol. The Morgan fingerprint density at radius 1 is 0.857 bits per heavy atom. The molecule has 0 aliphatic carbocycles. The zero-order valence-corrected chi connectivity index (χ0v) is 19.8. The molecule has 2 aliphatic rings. The highest BCUT2D eigenvalue weighted by Crippen LogP contribution is 2.44. The van der Waals surface area contributed by atoms with Crippen LogP contribution in [0.2, 0.25) is 0 Å². The lowest BCUT2D eigenvalue weighted by atomic mass is 9.80. The molecule has 170 valence electrons. The first-order valence-corrected chi connectivity index (χ1v) is 12.2. The van der Waals surface area contributed by atoms with Crippen LogP contribution >= 0.6 is 0 Å². The molecule has 35 heavy (non-hydrogen) atoms. The summed E-state index contributed by atoms with van der Waals surface area (Å²) in [6.45, 7) is 5.46. The third-order valence-electron chi connectivity index (χ3n) is 7.66. The third kappa shape index (κ3) is 2.86. The molecule has 5 aromatic rings. The van der Waals surface area contributed by atoms with Crippen LogP contribution in [-0.2, 0) is 7.05 Å². The molecular weight excluding hydrogens is 430 g/mol. The molecule has 2 aliphatic heterocycles. The first kappa shape index (κ1) is 20.2. The Balaban J connectivity index is 1.57. The lowest BCUT2D eigenvalue weighted by Gasteiger charge is -2.31. The minimum atomic E-state index is 0.0597. The van der Waals surface area contributed by atoms with Gasteiger partial charge in [0.05, 0.1) is 19.6 Å². The summed E-state index contributed by atoms with van der Waals surface area (Å²) in [5, 5.41) is 0. The van der Waals surface area contributed by atoms with Gasteiger partial charge in [-0.1, -0.05) is 42.5 Å². The molecule has 2 atom stereocenters. The maximum Gasteiger partial charge on any atom is 0.298 e. The molecule has 7 rings (SSSR count). The molecular formula is C31H27N3O+2. The SMILES string of the molecule is C=C1C2C(CCOc3ccccc3-c3n(C)c4ccccc4[n+]31)c1ccccc1-c1cccc[n+]12. The Bertz CT molecular complexity index is 1630. The second kappa shape index (κ2) is 7.67. The number of hydrogen-bond donors (Lipinski definition) is 0. The molecule has 0 bridgehead atoms. The minimum absolute atomic E-state index is 0.0597. The van der Waals surface area contributed by atoms with Gasteiger partial charge in [0.25, 0.3) is 5.82 Å². The molecule has 0 saturated carbocycles. The van der Waals surface area contributed by atoms with E-state index in [2.05, 4.69) is 118 Å². The van der Waals surface area contributed by atoms with Crippen molar-refractivity contribution in [1.82, 2.24) is 4.57 Å². The summed E-state index contributed by atoms with van der Waals surface area (Å²) in [4.78, 5) is 0. The number of hydrogen-bond acceptors (Lipinski definition) is 1. The standard InChI is InChI=1S/C31H27N3O/c1-21-30-24(22-11-3-4-12-23(22)26-14-9-10-19-33(26)30)18-20-35-29-17-8-5-13-25(29)31-32(2)27-15-6-7-16-28(27)34(21)31/h3-17,19,24,30H,1,18,20H2,2H3/q+2. The van der Waals surface area contributed by atoms with E-state index in [0.29, 0.717) is 6.61 Å². The number of nitrogens with zero attached hydrogens (tertiary/aromatic N) is 3. The molecule has 2 aromatic heterocycles. The molecule has 3 aromatic carbocycles. The summed E-state index contributed by atoms with van der Waals surface area (Å²) in [5.41, 5.74) is 8.37. The number of rotatable bonds is 0. The van der Waals surface area contributed by atoms with Gasteiger partial charge in [-0.25, -0.2) is 4.57 Å². The number of fused-ring (bicyclic) bond motifs is 11.